The normalized spacial score (nSPS) is 15.4. The van der Waals surface area contributed by atoms with E-state index in [0.29, 0.717) is 4.91 Å². The predicted molar refractivity (Wildman–Crippen MR) is 97.4 cm³/mol. The van der Waals surface area contributed by atoms with E-state index < -0.39 is 0 Å². The fourth-order valence-corrected chi connectivity index (χ4v) is 3.93. The van der Waals surface area contributed by atoms with Crippen LogP contribution in [-0.2, 0) is 4.79 Å². The zero-order valence-corrected chi connectivity index (χ0v) is 14.7. The minimum Gasteiger partial charge on any atom is -0.377 e. The molecule has 0 aliphatic carbocycles. The van der Waals surface area contributed by atoms with Crippen molar-refractivity contribution in [2.45, 2.75) is 4.90 Å². The van der Waals surface area contributed by atoms with Gasteiger partial charge in [0.05, 0.1) is 16.3 Å². The van der Waals surface area contributed by atoms with E-state index in [9.17, 15) is 4.79 Å². The maximum atomic E-state index is 12.2. The van der Waals surface area contributed by atoms with Crippen molar-refractivity contribution >= 4 is 51.0 Å². The number of nitrogens with zero attached hydrogens (tertiary/aromatic N) is 1. The van der Waals surface area contributed by atoms with E-state index in [0.717, 1.165) is 26.3 Å². The number of carbonyl (C=O) groups excluding carboxylic acids is 1. The molecule has 1 aliphatic rings. The van der Waals surface area contributed by atoms with Gasteiger partial charge >= 0.3 is 0 Å². The van der Waals surface area contributed by atoms with E-state index in [1.54, 1.807) is 0 Å². The lowest BCUT2D eigenvalue weighted by atomic mass is 10.2. The van der Waals surface area contributed by atoms with Crippen molar-refractivity contribution in [2.75, 3.05) is 24.3 Å². The Labute approximate surface area is 142 Å². The van der Waals surface area contributed by atoms with Crippen LogP contribution in [0.4, 0.5) is 11.4 Å². The molecule has 1 heterocycles. The number of halogens is 1. The second-order valence-corrected chi connectivity index (χ2v) is 7.10. The van der Waals surface area contributed by atoms with Gasteiger partial charge in [0, 0.05) is 23.5 Å². The molecule has 0 saturated heterocycles. The first-order chi connectivity index (χ1) is 10.5. The topological polar surface area (TPSA) is 32.3 Å². The molecule has 1 N–H and O–H groups in total. The number of nitrogens with one attached hydrogen (secondary N) is 1. The molecule has 2 aromatic rings. The van der Waals surface area contributed by atoms with Crippen molar-refractivity contribution in [1.82, 2.24) is 0 Å². The van der Waals surface area contributed by atoms with Gasteiger partial charge < -0.3 is 10.2 Å². The lowest BCUT2D eigenvalue weighted by Crippen LogP contribution is -2.17. The molecular formula is C17H15BrN2OS. The lowest BCUT2D eigenvalue weighted by molar-refractivity contribution is -0.112. The van der Waals surface area contributed by atoms with Gasteiger partial charge in [0.25, 0.3) is 5.91 Å². The highest BCUT2D eigenvalue weighted by Crippen LogP contribution is 2.39. The zero-order valence-electron chi connectivity index (χ0n) is 12.3. The smallest absolute Gasteiger partial charge is 0.262 e. The second-order valence-electron chi connectivity index (χ2n) is 5.17. The molecule has 3 nitrogen and oxygen atoms in total. The Morgan fingerprint density at radius 2 is 1.95 bits per heavy atom. The molecule has 5 heteroatoms. The molecule has 3 rings (SSSR count). The Bertz CT molecular complexity index is 771. The molecule has 0 atom stereocenters. The molecule has 0 fully saturated rings. The standard InChI is InChI=1S/C17H15BrN2OS/c1-20(2)14-8-7-11(9-12(14)18)10-16-17(21)19-13-5-3-4-6-15(13)22-16/h3-10H,1-2H3,(H,19,21)/b16-10-. The number of benzene rings is 2. The van der Waals surface area contributed by atoms with Gasteiger partial charge in [-0.25, -0.2) is 0 Å². The summed E-state index contributed by atoms with van der Waals surface area (Å²) >= 11 is 5.07. The SMILES string of the molecule is CN(C)c1ccc(/C=C2\Sc3ccccc3NC2=O)cc1Br. The largest absolute Gasteiger partial charge is 0.377 e. The van der Waals surface area contributed by atoms with Crippen LogP contribution in [0.15, 0.2) is 56.7 Å². The molecule has 0 unspecified atom stereocenters. The third kappa shape index (κ3) is 3.05. The first kappa shape index (κ1) is 15.2. The van der Waals surface area contributed by atoms with Gasteiger partial charge in [0.2, 0.25) is 0 Å². The summed E-state index contributed by atoms with van der Waals surface area (Å²) in [7, 11) is 4.00. The summed E-state index contributed by atoms with van der Waals surface area (Å²) in [6, 6.07) is 13.9. The van der Waals surface area contributed by atoms with Crippen molar-refractivity contribution < 1.29 is 4.79 Å². The van der Waals surface area contributed by atoms with E-state index in [1.807, 2.05) is 67.5 Å². The lowest BCUT2D eigenvalue weighted by Gasteiger charge is -2.18. The third-order valence-electron chi connectivity index (χ3n) is 3.33. The van der Waals surface area contributed by atoms with Crippen LogP contribution in [0.5, 0.6) is 0 Å². The first-order valence-electron chi connectivity index (χ1n) is 6.81. The van der Waals surface area contributed by atoms with Gasteiger partial charge in [-0.2, -0.15) is 0 Å². The zero-order chi connectivity index (χ0) is 15.7. The summed E-state index contributed by atoms with van der Waals surface area (Å²) in [5.74, 6) is -0.0588. The summed E-state index contributed by atoms with van der Waals surface area (Å²) in [5, 5.41) is 2.93. The number of hydrogen-bond acceptors (Lipinski definition) is 3. The van der Waals surface area contributed by atoms with Gasteiger partial charge in [0.15, 0.2) is 0 Å². The van der Waals surface area contributed by atoms with Crippen molar-refractivity contribution in [3.8, 4) is 0 Å². The van der Waals surface area contributed by atoms with Crippen LogP contribution in [0.25, 0.3) is 6.08 Å². The summed E-state index contributed by atoms with van der Waals surface area (Å²) in [5.41, 5.74) is 2.97. The molecule has 0 saturated carbocycles. The highest BCUT2D eigenvalue weighted by atomic mass is 79.9. The van der Waals surface area contributed by atoms with E-state index in [4.69, 9.17) is 0 Å². The predicted octanol–water partition coefficient (Wildman–Crippen LogP) is 4.60. The van der Waals surface area contributed by atoms with E-state index >= 15 is 0 Å². The summed E-state index contributed by atoms with van der Waals surface area (Å²) in [6.45, 7) is 0. The maximum absolute atomic E-state index is 12.2. The fraction of sp³-hybridized carbons (Fsp3) is 0.118. The summed E-state index contributed by atoms with van der Waals surface area (Å²) in [4.78, 5) is 16.0. The van der Waals surface area contributed by atoms with Gasteiger partial charge in [0.1, 0.15) is 0 Å². The highest BCUT2D eigenvalue weighted by molar-refractivity contribution is 9.10. The van der Waals surface area contributed by atoms with Crippen molar-refractivity contribution in [3.05, 3.63) is 57.4 Å². The van der Waals surface area contributed by atoms with Crippen LogP contribution >= 0.6 is 27.7 Å². The van der Waals surface area contributed by atoms with Crippen molar-refractivity contribution in [2.24, 2.45) is 0 Å². The Kier molecular flexibility index (Phi) is 4.27. The fourth-order valence-electron chi connectivity index (χ4n) is 2.23. The van der Waals surface area contributed by atoms with Crippen LogP contribution in [0.1, 0.15) is 5.56 Å². The number of anilines is 2. The molecule has 112 valence electrons. The molecule has 0 spiro atoms. The van der Waals surface area contributed by atoms with Gasteiger partial charge in [-0.3, -0.25) is 4.79 Å². The van der Waals surface area contributed by atoms with Gasteiger partial charge in [-0.05, 0) is 51.8 Å². The molecule has 0 bridgehead atoms. The minimum atomic E-state index is -0.0588. The Morgan fingerprint density at radius 3 is 2.68 bits per heavy atom. The number of thioether (sulfide) groups is 1. The van der Waals surface area contributed by atoms with E-state index in [2.05, 4.69) is 21.2 Å². The maximum Gasteiger partial charge on any atom is 0.262 e. The van der Waals surface area contributed by atoms with Crippen molar-refractivity contribution in [1.29, 1.82) is 0 Å². The average molecular weight is 375 g/mol. The summed E-state index contributed by atoms with van der Waals surface area (Å²) in [6.07, 6.45) is 1.92. The first-order valence-corrected chi connectivity index (χ1v) is 8.42. The molecule has 0 aromatic heterocycles. The Morgan fingerprint density at radius 1 is 1.18 bits per heavy atom. The minimum absolute atomic E-state index is 0.0588. The third-order valence-corrected chi connectivity index (χ3v) is 5.06. The van der Waals surface area contributed by atoms with Gasteiger partial charge in [-0.1, -0.05) is 30.0 Å². The number of hydrogen-bond donors (Lipinski definition) is 1. The van der Waals surface area contributed by atoms with Crippen LogP contribution in [0, 0.1) is 0 Å². The Balaban J connectivity index is 1.93. The summed E-state index contributed by atoms with van der Waals surface area (Å²) < 4.78 is 1.01. The number of carbonyl (C=O) groups is 1. The molecule has 22 heavy (non-hydrogen) atoms. The molecule has 1 amide bonds. The average Bonchev–Trinajstić information content (AvgIpc) is 2.47. The van der Waals surface area contributed by atoms with Crippen molar-refractivity contribution in [3.63, 3.8) is 0 Å². The molecule has 2 aromatic carbocycles. The van der Waals surface area contributed by atoms with Crippen LogP contribution in [0.3, 0.4) is 0 Å². The van der Waals surface area contributed by atoms with Crippen LogP contribution in [0.2, 0.25) is 0 Å². The van der Waals surface area contributed by atoms with E-state index in [1.165, 1.54) is 11.8 Å². The quantitative estimate of drug-likeness (QED) is 0.779. The van der Waals surface area contributed by atoms with Crippen LogP contribution < -0.4 is 10.2 Å². The molecule has 1 aliphatic heterocycles. The van der Waals surface area contributed by atoms with Gasteiger partial charge in [-0.15, -0.1) is 0 Å². The van der Waals surface area contributed by atoms with Crippen LogP contribution in [-0.4, -0.2) is 20.0 Å². The number of fused-ring (bicyclic) bond motifs is 1. The monoisotopic (exact) mass is 374 g/mol. The number of rotatable bonds is 2. The van der Waals surface area contributed by atoms with E-state index in [-0.39, 0.29) is 5.91 Å². The number of para-hydroxylation sites is 1. The molecular weight excluding hydrogens is 360 g/mol. The molecule has 0 radical (unpaired) electrons. The second kappa shape index (κ2) is 6.18. The highest BCUT2D eigenvalue weighted by Gasteiger charge is 2.20. The Hall–Kier alpha value is -1.72. The number of amides is 1.